The van der Waals surface area contributed by atoms with E-state index in [1.165, 1.54) is 16.7 Å². The Hall–Kier alpha value is -3.66. The minimum Gasteiger partial charge on any atom is -0.346 e. The van der Waals surface area contributed by atoms with E-state index in [1.54, 1.807) is 6.20 Å². The molecular weight excluding hydrogens is 370 g/mol. The molecule has 1 N–H and O–H groups in total. The summed E-state index contributed by atoms with van der Waals surface area (Å²) in [6, 6.07) is 20.2. The van der Waals surface area contributed by atoms with Gasteiger partial charge in [-0.25, -0.2) is 4.98 Å². The van der Waals surface area contributed by atoms with Crippen LogP contribution in [0, 0.1) is 6.92 Å². The van der Waals surface area contributed by atoms with Gasteiger partial charge in [-0.05, 0) is 53.8 Å². The fourth-order valence-corrected chi connectivity index (χ4v) is 4.27. The molecule has 148 valence electrons. The van der Waals surface area contributed by atoms with Crippen molar-refractivity contribution in [2.75, 3.05) is 13.1 Å². The first kappa shape index (κ1) is 18.4. The molecule has 0 saturated heterocycles. The van der Waals surface area contributed by atoms with Crippen molar-refractivity contribution in [2.24, 2.45) is 0 Å². The number of hydrogen-bond donors (Lipinski definition) is 1. The third-order valence-corrected chi connectivity index (χ3v) is 5.89. The van der Waals surface area contributed by atoms with Crippen LogP contribution in [0.5, 0.6) is 0 Å². The number of aromatic amines is 1. The summed E-state index contributed by atoms with van der Waals surface area (Å²) in [4.78, 5) is 23.0. The first-order chi connectivity index (χ1) is 14.7. The number of aromatic nitrogens is 2. The predicted octanol–water partition coefficient (Wildman–Crippen LogP) is 5.47. The summed E-state index contributed by atoms with van der Waals surface area (Å²) in [7, 11) is 0. The van der Waals surface area contributed by atoms with Gasteiger partial charge in [-0.2, -0.15) is 0 Å². The minimum atomic E-state index is 0.0877. The second-order valence-electron chi connectivity index (χ2n) is 7.69. The Bertz CT molecular complexity index is 1270. The number of benzene rings is 2. The highest BCUT2D eigenvalue weighted by molar-refractivity contribution is 6.01. The molecule has 2 aromatic heterocycles. The van der Waals surface area contributed by atoms with Gasteiger partial charge in [-0.3, -0.25) is 4.79 Å². The minimum absolute atomic E-state index is 0.0877. The third kappa shape index (κ3) is 3.20. The molecule has 4 aromatic rings. The SMILES string of the molecule is Cc1ccccc1-c1ccccc1C(=O)N1CC=C(c2c[nH]c3ncccc23)CC1. The first-order valence-electron chi connectivity index (χ1n) is 10.3. The molecule has 4 nitrogen and oxygen atoms in total. The maximum atomic E-state index is 13.4. The summed E-state index contributed by atoms with van der Waals surface area (Å²) in [5.41, 5.74) is 7.40. The van der Waals surface area contributed by atoms with Crippen LogP contribution in [0.15, 0.2) is 79.1 Å². The number of H-pyrrole nitrogens is 1. The largest absolute Gasteiger partial charge is 0.346 e. The van der Waals surface area contributed by atoms with Crippen LogP contribution >= 0.6 is 0 Å². The van der Waals surface area contributed by atoms with Crippen LogP contribution in [0.25, 0.3) is 27.7 Å². The Morgan fingerprint density at radius 1 is 0.967 bits per heavy atom. The standard InChI is InChI=1S/C26H23N3O/c1-18-7-2-3-8-20(18)21-9-4-5-10-23(21)26(30)29-15-12-19(13-16-29)24-17-28-25-22(24)11-6-14-27-25/h2-12,14,17H,13,15-16H2,1H3,(H,27,28). The van der Waals surface area contributed by atoms with Crippen LogP contribution in [-0.2, 0) is 0 Å². The van der Waals surface area contributed by atoms with E-state index in [0.29, 0.717) is 13.1 Å². The number of fused-ring (bicyclic) bond motifs is 1. The van der Waals surface area contributed by atoms with E-state index in [1.807, 2.05) is 53.6 Å². The number of nitrogens with one attached hydrogen (secondary N) is 1. The van der Waals surface area contributed by atoms with Crippen molar-refractivity contribution in [3.8, 4) is 11.1 Å². The lowest BCUT2D eigenvalue weighted by Gasteiger charge is -2.27. The average molecular weight is 393 g/mol. The molecule has 4 heteroatoms. The van der Waals surface area contributed by atoms with E-state index in [-0.39, 0.29) is 5.91 Å². The van der Waals surface area contributed by atoms with E-state index in [2.05, 4.69) is 41.2 Å². The van der Waals surface area contributed by atoms with Crippen molar-refractivity contribution in [1.82, 2.24) is 14.9 Å². The third-order valence-electron chi connectivity index (χ3n) is 5.89. The summed E-state index contributed by atoms with van der Waals surface area (Å²) in [6.07, 6.45) is 6.83. The van der Waals surface area contributed by atoms with Crippen molar-refractivity contribution in [1.29, 1.82) is 0 Å². The molecular formula is C26H23N3O. The zero-order valence-corrected chi connectivity index (χ0v) is 16.9. The molecule has 1 aliphatic rings. The molecule has 0 fully saturated rings. The van der Waals surface area contributed by atoms with E-state index in [0.717, 1.165) is 34.1 Å². The second kappa shape index (κ2) is 7.64. The molecule has 1 aliphatic heterocycles. The molecule has 0 saturated carbocycles. The molecule has 5 rings (SSSR count). The molecule has 0 spiro atoms. The van der Waals surface area contributed by atoms with Gasteiger partial charge >= 0.3 is 0 Å². The van der Waals surface area contributed by atoms with Crippen molar-refractivity contribution in [3.63, 3.8) is 0 Å². The summed E-state index contributed by atoms with van der Waals surface area (Å²) in [5.74, 6) is 0.0877. The zero-order chi connectivity index (χ0) is 20.5. The van der Waals surface area contributed by atoms with Gasteiger partial charge in [0, 0.05) is 42.0 Å². The molecule has 0 atom stereocenters. The van der Waals surface area contributed by atoms with Crippen molar-refractivity contribution < 1.29 is 4.79 Å². The summed E-state index contributed by atoms with van der Waals surface area (Å²) >= 11 is 0. The molecule has 1 amide bonds. The Balaban J connectivity index is 1.42. The maximum Gasteiger partial charge on any atom is 0.254 e. The van der Waals surface area contributed by atoms with Gasteiger partial charge < -0.3 is 9.88 Å². The van der Waals surface area contributed by atoms with Crippen molar-refractivity contribution in [2.45, 2.75) is 13.3 Å². The van der Waals surface area contributed by atoms with Crippen molar-refractivity contribution >= 4 is 22.5 Å². The molecule has 3 heterocycles. The van der Waals surface area contributed by atoms with Crippen molar-refractivity contribution in [3.05, 3.63) is 95.8 Å². The maximum absolute atomic E-state index is 13.4. The Kier molecular flexibility index (Phi) is 4.68. The predicted molar refractivity (Wildman–Crippen MR) is 121 cm³/mol. The monoisotopic (exact) mass is 393 g/mol. The molecule has 0 aliphatic carbocycles. The highest BCUT2D eigenvalue weighted by Gasteiger charge is 2.23. The summed E-state index contributed by atoms with van der Waals surface area (Å²) in [5, 5.41) is 1.13. The lowest BCUT2D eigenvalue weighted by atomic mass is 9.94. The molecule has 30 heavy (non-hydrogen) atoms. The number of hydrogen-bond acceptors (Lipinski definition) is 2. The Morgan fingerprint density at radius 3 is 2.57 bits per heavy atom. The normalized spacial score (nSPS) is 14.0. The van der Waals surface area contributed by atoms with Gasteiger partial charge in [0.05, 0.1) is 0 Å². The number of pyridine rings is 1. The van der Waals surface area contributed by atoms with Gasteiger partial charge in [0.2, 0.25) is 0 Å². The molecule has 0 bridgehead atoms. The molecule has 0 radical (unpaired) electrons. The smallest absolute Gasteiger partial charge is 0.254 e. The number of rotatable bonds is 3. The van der Waals surface area contributed by atoms with Crippen LogP contribution in [0.2, 0.25) is 0 Å². The van der Waals surface area contributed by atoms with E-state index >= 15 is 0 Å². The Morgan fingerprint density at radius 2 is 1.77 bits per heavy atom. The van der Waals surface area contributed by atoms with Crippen LogP contribution in [0.1, 0.15) is 27.9 Å². The van der Waals surface area contributed by atoms with E-state index < -0.39 is 0 Å². The number of aryl methyl sites for hydroxylation is 1. The molecule has 2 aromatic carbocycles. The number of carbonyl (C=O) groups excluding carboxylic acids is 1. The topological polar surface area (TPSA) is 49.0 Å². The molecule has 0 unspecified atom stereocenters. The number of amides is 1. The van der Waals surface area contributed by atoms with Gasteiger partial charge in [-0.15, -0.1) is 0 Å². The second-order valence-corrected chi connectivity index (χ2v) is 7.69. The van der Waals surface area contributed by atoms with Gasteiger partial charge in [0.15, 0.2) is 0 Å². The lowest BCUT2D eigenvalue weighted by Crippen LogP contribution is -2.35. The summed E-state index contributed by atoms with van der Waals surface area (Å²) in [6.45, 7) is 3.41. The summed E-state index contributed by atoms with van der Waals surface area (Å²) < 4.78 is 0. The van der Waals surface area contributed by atoms with Gasteiger partial charge in [0.25, 0.3) is 5.91 Å². The van der Waals surface area contributed by atoms with Crippen LogP contribution in [0.4, 0.5) is 0 Å². The van der Waals surface area contributed by atoms with E-state index in [4.69, 9.17) is 0 Å². The first-order valence-corrected chi connectivity index (χ1v) is 10.3. The highest BCUT2D eigenvalue weighted by atomic mass is 16.2. The van der Waals surface area contributed by atoms with Crippen LogP contribution in [-0.4, -0.2) is 33.9 Å². The van der Waals surface area contributed by atoms with Gasteiger partial charge in [0.1, 0.15) is 5.65 Å². The van der Waals surface area contributed by atoms with Crippen LogP contribution < -0.4 is 0 Å². The Labute approximate surface area is 175 Å². The fraction of sp³-hybridized carbons (Fsp3) is 0.154. The average Bonchev–Trinajstić information content (AvgIpc) is 3.23. The highest BCUT2D eigenvalue weighted by Crippen LogP contribution is 2.31. The van der Waals surface area contributed by atoms with Crippen LogP contribution in [0.3, 0.4) is 0 Å². The number of nitrogens with zero attached hydrogens (tertiary/aromatic N) is 2. The quantitative estimate of drug-likeness (QED) is 0.502. The fourth-order valence-electron chi connectivity index (χ4n) is 4.27. The van der Waals surface area contributed by atoms with E-state index in [9.17, 15) is 4.79 Å². The lowest BCUT2D eigenvalue weighted by molar-refractivity contribution is 0.0773. The zero-order valence-electron chi connectivity index (χ0n) is 16.9. The van der Waals surface area contributed by atoms with Gasteiger partial charge in [-0.1, -0.05) is 48.5 Å². The number of carbonyl (C=O) groups is 1.